The van der Waals surface area contributed by atoms with Gasteiger partial charge in [-0.2, -0.15) is 0 Å². The Bertz CT molecular complexity index is 2960. The fourth-order valence-corrected chi connectivity index (χ4v) is 12.0. The number of aryl methyl sites for hydroxylation is 4. The van der Waals surface area contributed by atoms with Gasteiger partial charge >= 0.3 is 11.9 Å². The van der Waals surface area contributed by atoms with Crippen LogP contribution in [0.1, 0.15) is 148 Å². The lowest BCUT2D eigenvalue weighted by atomic mass is 9.81. The Kier molecular flexibility index (Phi) is 15.4. The van der Waals surface area contributed by atoms with E-state index in [-0.39, 0.29) is 57.0 Å². The van der Waals surface area contributed by atoms with E-state index < -0.39 is 11.5 Å². The topological polar surface area (TPSA) is 91.3 Å². The van der Waals surface area contributed by atoms with E-state index >= 15 is 0 Å². The number of carbonyl (C=O) groups is 2. The highest BCUT2D eigenvalue weighted by Gasteiger charge is 2.63. The summed E-state index contributed by atoms with van der Waals surface area (Å²) in [5.74, 6) is 0.686. The lowest BCUT2D eigenvalue weighted by Gasteiger charge is -2.28. The molecule has 0 amide bonds. The van der Waals surface area contributed by atoms with Crippen LogP contribution in [0.25, 0.3) is 22.3 Å². The number of aliphatic hydroxyl groups is 1. The van der Waals surface area contributed by atoms with Gasteiger partial charge in [0, 0.05) is 22.0 Å². The molecule has 10 heteroatoms. The Labute approximate surface area is 453 Å². The first kappa shape index (κ1) is 54.7. The lowest BCUT2D eigenvalue weighted by molar-refractivity contribution is -0.146. The van der Waals surface area contributed by atoms with Crippen molar-refractivity contribution in [3.8, 4) is 33.8 Å². The molecule has 6 aromatic carbocycles. The molecular weight excluding hydrogens is 978 g/mol. The van der Waals surface area contributed by atoms with Crippen LogP contribution in [0, 0.1) is 48.1 Å². The van der Waals surface area contributed by atoms with Crippen molar-refractivity contribution in [2.75, 3.05) is 13.2 Å². The van der Waals surface area contributed by atoms with Gasteiger partial charge in [-0.3, -0.25) is 9.59 Å². The second-order valence-corrected chi connectivity index (χ2v) is 24.3. The van der Waals surface area contributed by atoms with E-state index in [9.17, 15) is 23.5 Å². The van der Waals surface area contributed by atoms with Crippen molar-refractivity contribution < 1.29 is 42.4 Å². The fourth-order valence-electron chi connectivity index (χ4n) is 11.8. The molecule has 2 unspecified atom stereocenters. The van der Waals surface area contributed by atoms with Crippen LogP contribution in [-0.4, -0.2) is 30.3 Å². The van der Waals surface area contributed by atoms with Gasteiger partial charge < -0.3 is 24.1 Å². The van der Waals surface area contributed by atoms with E-state index in [1.807, 2.05) is 109 Å². The van der Waals surface area contributed by atoms with Crippen LogP contribution in [0.15, 0.2) is 109 Å². The van der Waals surface area contributed by atoms with Gasteiger partial charge in [-0.15, -0.1) is 11.6 Å². The molecule has 2 saturated carbocycles. The average Bonchev–Trinajstić information content (AvgIpc) is 4.24. The quantitative estimate of drug-likeness (QED) is 0.0858. The minimum absolute atomic E-state index is 0.0471. The van der Waals surface area contributed by atoms with E-state index in [1.54, 1.807) is 12.1 Å². The second-order valence-electron chi connectivity index (χ2n) is 23.9. The highest BCUT2D eigenvalue weighted by Crippen LogP contribution is 2.63. The number of aliphatic hydroxyl groups excluding tert-OH is 1. The summed E-state index contributed by atoms with van der Waals surface area (Å²) in [4.78, 5) is 24.8. The Morgan fingerprint density at radius 1 is 0.592 bits per heavy atom. The minimum atomic E-state index is -0.785. The summed E-state index contributed by atoms with van der Waals surface area (Å²) in [5.41, 5.74) is 12.1. The SMILES string of the molecule is CCOC(=O)[C@@H]1C[C@]12CCc1ccc(OCc3ccc(-c4cc(C)ccc4F)c(C(Cl)C(C)(C)C)c3)cc12.CCOC(=O)[C@@H]1C[C@]12CCc1ccc(OCc3ccc(-c4cc(C)ccc4F)c(C(O)C(C)(C)C)c3)cc12. The third kappa shape index (κ3) is 11.1. The molecule has 76 heavy (non-hydrogen) atoms. The van der Waals surface area contributed by atoms with Crippen molar-refractivity contribution >= 4 is 23.5 Å². The van der Waals surface area contributed by atoms with Gasteiger partial charge in [-0.25, -0.2) is 8.78 Å². The van der Waals surface area contributed by atoms with E-state index in [0.717, 1.165) is 83.4 Å². The van der Waals surface area contributed by atoms with E-state index in [2.05, 4.69) is 45.0 Å². The number of ether oxygens (including phenoxy) is 4. The molecule has 0 saturated heterocycles. The van der Waals surface area contributed by atoms with Gasteiger partial charge in [0.2, 0.25) is 0 Å². The predicted octanol–water partition coefficient (Wildman–Crippen LogP) is 15.7. The maximum absolute atomic E-state index is 14.9. The van der Waals surface area contributed by atoms with Gasteiger partial charge in [0.05, 0.1) is 36.5 Å². The van der Waals surface area contributed by atoms with E-state index in [1.165, 1.54) is 34.4 Å². The first-order valence-electron chi connectivity index (χ1n) is 27.0. The Hall–Kier alpha value is -6.03. The molecule has 400 valence electrons. The number of hydrogen-bond acceptors (Lipinski definition) is 7. The molecule has 4 aliphatic rings. The molecule has 0 aromatic heterocycles. The molecule has 2 fully saturated rings. The molecule has 0 radical (unpaired) electrons. The van der Waals surface area contributed by atoms with Crippen LogP contribution in [0.2, 0.25) is 0 Å². The van der Waals surface area contributed by atoms with E-state index in [0.29, 0.717) is 48.7 Å². The van der Waals surface area contributed by atoms with Crippen LogP contribution < -0.4 is 9.47 Å². The molecule has 0 aliphatic heterocycles. The third-order valence-electron chi connectivity index (χ3n) is 16.2. The van der Waals surface area contributed by atoms with Crippen LogP contribution in [-0.2, 0) is 55.9 Å². The maximum atomic E-state index is 14.9. The number of benzene rings is 6. The van der Waals surface area contributed by atoms with Crippen LogP contribution in [0.4, 0.5) is 8.78 Å². The summed E-state index contributed by atoms with van der Waals surface area (Å²) in [6.07, 6.45) is 4.82. The number of alkyl halides is 1. The number of hydrogen-bond donors (Lipinski definition) is 1. The summed E-state index contributed by atoms with van der Waals surface area (Å²) in [5, 5.41) is 10.9. The fraction of sp³-hybridized carbons (Fsp3) is 0.424. The van der Waals surface area contributed by atoms with Crippen molar-refractivity contribution in [2.45, 2.75) is 143 Å². The molecule has 10 rings (SSSR count). The Balaban J connectivity index is 0.000000186. The molecular formula is C66H73ClF2O7. The summed E-state index contributed by atoms with van der Waals surface area (Å²) in [6, 6.07) is 34.4. The smallest absolute Gasteiger partial charge is 0.309 e. The second kappa shape index (κ2) is 21.4. The van der Waals surface area contributed by atoms with E-state index in [4.69, 9.17) is 30.5 Å². The molecule has 4 aliphatic carbocycles. The Morgan fingerprint density at radius 3 is 1.45 bits per heavy atom. The largest absolute Gasteiger partial charge is 0.489 e. The predicted molar refractivity (Wildman–Crippen MR) is 297 cm³/mol. The normalized spacial score (nSPS) is 20.8. The standard InChI is InChI=1S/C33H36ClFO3.C33H37FO4/c1-6-37-31(36)28-18-33(28)14-13-22-9-10-23(17-27(22)33)38-19-21-8-11-24(25-15-20(2)7-12-29(25)35)26(16-21)30(34)32(3,4)5;1-6-37-31(36)28-18-33(28)14-13-22-9-10-23(17-27(22)33)38-19-21-8-11-24(25-15-20(2)7-12-29(25)34)26(16-21)30(35)32(3,4)5/h7-12,15-17,28,30H,6,13-14,18-19H2,1-5H3;7-12,15-17,28,30,35H,6,13-14,18-19H2,1-5H3/t2*28-,30?,33-/m00/s1. The zero-order chi connectivity index (χ0) is 54.5. The highest BCUT2D eigenvalue weighted by atomic mass is 35.5. The van der Waals surface area contributed by atoms with Crippen molar-refractivity contribution in [3.63, 3.8) is 0 Å². The summed E-state index contributed by atoms with van der Waals surface area (Å²) < 4.78 is 52.8. The number of esters is 2. The average molecular weight is 1050 g/mol. The Morgan fingerprint density at radius 2 is 1.03 bits per heavy atom. The van der Waals surface area contributed by atoms with Crippen LogP contribution >= 0.6 is 11.6 Å². The summed E-state index contributed by atoms with van der Waals surface area (Å²) in [7, 11) is 0. The van der Waals surface area contributed by atoms with Gasteiger partial charge in [0.25, 0.3) is 0 Å². The minimum Gasteiger partial charge on any atom is -0.489 e. The number of rotatable bonds is 14. The van der Waals surface area contributed by atoms with Crippen molar-refractivity contribution in [3.05, 3.63) is 176 Å². The van der Waals surface area contributed by atoms with Crippen LogP contribution in [0.5, 0.6) is 11.5 Å². The number of halogens is 3. The summed E-state index contributed by atoms with van der Waals surface area (Å²) in [6.45, 7) is 21.3. The maximum Gasteiger partial charge on any atom is 0.309 e. The molecule has 1 N–H and O–H groups in total. The van der Waals surface area contributed by atoms with Crippen molar-refractivity contribution in [2.24, 2.45) is 22.7 Å². The monoisotopic (exact) mass is 1050 g/mol. The molecule has 7 nitrogen and oxygen atoms in total. The van der Waals surface area contributed by atoms with Crippen molar-refractivity contribution in [1.29, 1.82) is 0 Å². The molecule has 0 bridgehead atoms. The van der Waals surface area contributed by atoms with Gasteiger partial charge in [0.1, 0.15) is 36.3 Å². The molecule has 0 heterocycles. The highest BCUT2D eigenvalue weighted by molar-refractivity contribution is 6.21. The van der Waals surface area contributed by atoms with Crippen molar-refractivity contribution in [1.82, 2.24) is 0 Å². The van der Waals surface area contributed by atoms with Crippen LogP contribution in [0.3, 0.4) is 0 Å². The zero-order valence-electron chi connectivity index (χ0n) is 45.8. The first-order valence-corrected chi connectivity index (χ1v) is 27.5. The lowest BCUT2D eigenvalue weighted by Crippen LogP contribution is -2.19. The number of fused-ring (bicyclic) bond motifs is 4. The first-order chi connectivity index (χ1) is 36.1. The van der Waals surface area contributed by atoms with Gasteiger partial charge in [-0.05, 0) is 187 Å². The van der Waals surface area contributed by atoms with Gasteiger partial charge in [-0.1, -0.05) is 107 Å². The zero-order valence-corrected chi connectivity index (χ0v) is 46.6. The molecule has 6 atom stereocenters. The van der Waals surface area contributed by atoms with Gasteiger partial charge in [0.15, 0.2) is 0 Å². The third-order valence-corrected chi connectivity index (χ3v) is 17.1. The summed E-state index contributed by atoms with van der Waals surface area (Å²) >= 11 is 6.98. The molecule has 2 spiro atoms. The molecule has 6 aromatic rings. The number of carbonyl (C=O) groups excluding carboxylic acids is 2.